The number of amides is 1. The van der Waals surface area contributed by atoms with Crippen molar-refractivity contribution in [3.8, 4) is 11.8 Å². The standard InChI is InChI=1S/C20H28N2O2/c1-5-6-14(2)19-12-15(19)9-10-24-17-7-8-18(16(11-17)13-21)20(23)22(3)4/h7-8,11,14-15,19H,5-6,9-10,12H2,1-4H3. The molecule has 0 heterocycles. The van der Waals surface area contributed by atoms with E-state index in [1.807, 2.05) is 0 Å². The molecule has 3 unspecified atom stereocenters. The van der Waals surface area contributed by atoms with Crippen LogP contribution in [-0.4, -0.2) is 31.5 Å². The van der Waals surface area contributed by atoms with Crippen LogP contribution >= 0.6 is 0 Å². The molecule has 1 saturated carbocycles. The highest BCUT2D eigenvalue weighted by molar-refractivity contribution is 5.96. The Labute approximate surface area is 145 Å². The van der Waals surface area contributed by atoms with Crippen LogP contribution < -0.4 is 4.74 Å². The molecule has 1 aliphatic rings. The maximum atomic E-state index is 12.0. The summed E-state index contributed by atoms with van der Waals surface area (Å²) in [7, 11) is 3.36. The van der Waals surface area contributed by atoms with Crippen molar-refractivity contribution in [3.63, 3.8) is 0 Å². The molecule has 0 N–H and O–H groups in total. The summed E-state index contributed by atoms with van der Waals surface area (Å²) in [6.07, 6.45) is 4.97. The van der Waals surface area contributed by atoms with Gasteiger partial charge in [0.05, 0.1) is 17.7 Å². The fraction of sp³-hybridized carbons (Fsp3) is 0.600. The fourth-order valence-electron chi connectivity index (χ4n) is 3.43. The number of ether oxygens (including phenoxy) is 1. The third kappa shape index (κ3) is 4.50. The lowest BCUT2D eigenvalue weighted by Gasteiger charge is -2.13. The number of nitriles is 1. The number of hydrogen-bond donors (Lipinski definition) is 0. The Balaban J connectivity index is 1.86. The zero-order valence-electron chi connectivity index (χ0n) is 15.2. The number of nitrogens with zero attached hydrogens (tertiary/aromatic N) is 2. The maximum Gasteiger partial charge on any atom is 0.254 e. The minimum Gasteiger partial charge on any atom is -0.494 e. The van der Waals surface area contributed by atoms with Gasteiger partial charge in [0, 0.05) is 14.1 Å². The minimum absolute atomic E-state index is 0.163. The molecule has 24 heavy (non-hydrogen) atoms. The topological polar surface area (TPSA) is 53.3 Å². The smallest absolute Gasteiger partial charge is 0.254 e. The van der Waals surface area contributed by atoms with Gasteiger partial charge in [0.25, 0.3) is 5.91 Å². The molecule has 4 nitrogen and oxygen atoms in total. The quantitative estimate of drug-likeness (QED) is 0.722. The van der Waals surface area contributed by atoms with Crippen molar-refractivity contribution in [2.75, 3.05) is 20.7 Å². The van der Waals surface area contributed by atoms with E-state index in [2.05, 4.69) is 19.9 Å². The molecule has 0 bridgehead atoms. The molecule has 1 aromatic carbocycles. The molecule has 1 aromatic rings. The lowest BCUT2D eigenvalue weighted by Crippen LogP contribution is -2.22. The third-order valence-corrected chi connectivity index (χ3v) is 4.96. The second-order valence-corrected chi connectivity index (χ2v) is 7.08. The number of hydrogen-bond acceptors (Lipinski definition) is 3. The first kappa shape index (κ1) is 18.3. The Kier molecular flexibility index (Phi) is 6.25. The van der Waals surface area contributed by atoms with Crippen LogP contribution in [-0.2, 0) is 0 Å². The van der Waals surface area contributed by atoms with Crippen molar-refractivity contribution < 1.29 is 9.53 Å². The predicted octanol–water partition coefficient (Wildman–Crippen LogP) is 4.10. The maximum absolute atomic E-state index is 12.0. The molecule has 1 fully saturated rings. The van der Waals surface area contributed by atoms with E-state index < -0.39 is 0 Å². The largest absolute Gasteiger partial charge is 0.494 e. The molecule has 2 rings (SSSR count). The first-order chi connectivity index (χ1) is 11.5. The summed E-state index contributed by atoms with van der Waals surface area (Å²) in [6, 6.07) is 7.22. The van der Waals surface area contributed by atoms with Gasteiger partial charge >= 0.3 is 0 Å². The predicted molar refractivity (Wildman–Crippen MR) is 95.0 cm³/mol. The van der Waals surface area contributed by atoms with E-state index in [-0.39, 0.29) is 5.91 Å². The second kappa shape index (κ2) is 8.19. The van der Waals surface area contributed by atoms with E-state index in [0.717, 1.165) is 24.2 Å². The molecule has 1 aliphatic carbocycles. The van der Waals surface area contributed by atoms with Crippen LogP contribution in [0, 0.1) is 29.1 Å². The SMILES string of the molecule is CCCC(C)C1CC1CCOc1ccc(C(=O)N(C)C)c(C#N)c1. The molecule has 130 valence electrons. The minimum atomic E-state index is -0.163. The van der Waals surface area contributed by atoms with Crippen LogP contribution in [0.1, 0.15) is 55.5 Å². The molecular formula is C20H28N2O2. The van der Waals surface area contributed by atoms with Gasteiger partial charge in [-0.2, -0.15) is 5.26 Å². The summed E-state index contributed by atoms with van der Waals surface area (Å²) in [6.45, 7) is 5.27. The summed E-state index contributed by atoms with van der Waals surface area (Å²) in [5.41, 5.74) is 0.789. The van der Waals surface area contributed by atoms with Crippen LogP contribution in [0.5, 0.6) is 5.75 Å². The van der Waals surface area contributed by atoms with E-state index >= 15 is 0 Å². The molecule has 0 spiro atoms. The fourth-order valence-corrected chi connectivity index (χ4v) is 3.43. The normalized spacial score (nSPS) is 20.1. The highest BCUT2D eigenvalue weighted by atomic mass is 16.5. The number of carbonyl (C=O) groups excluding carboxylic acids is 1. The van der Waals surface area contributed by atoms with Crippen LogP contribution in [0.3, 0.4) is 0 Å². The third-order valence-electron chi connectivity index (χ3n) is 4.96. The highest BCUT2D eigenvalue weighted by Gasteiger charge is 2.39. The van der Waals surface area contributed by atoms with Gasteiger partial charge in [0.2, 0.25) is 0 Å². The monoisotopic (exact) mass is 328 g/mol. The second-order valence-electron chi connectivity index (χ2n) is 7.08. The van der Waals surface area contributed by atoms with E-state index in [0.29, 0.717) is 23.5 Å². The van der Waals surface area contributed by atoms with Crippen molar-refractivity contribution in [2.24, 2.45) is 17.8 Å². The number of rotatable bonds is 8. The lowest BCUT2D eigenvalue weighted by atomic mass is 9.98. The molecule has 4 heteroatoms. The first-order valence-corrected chi connectivity index (χ1v) is 8.86. The first-order valence-electron chi connectivity index (χ1n) is 8.86. The van der Waals surface area contributed by atoms with Gasteiger partial charge in [-0.1, -0.05) is 26.7 Å². The average molecular weight is 328 g/mol. The molecule has 0 radical (unpaired) electrons. The van der Waals surface area contributed by atoms with Crippen LogP contribution in [0.25, 0.3) is 0 Å². The molecule has 0 aromatic heterocycles. The number of carbonyl (C=O) groups is 1. The zero-order valence-corrected chi connectivity index (χ0v) is 15.2. The van der Waals surface area contributed by atoms with Gasteiger partial charge < -0.3 is 9.64 Å². The highest BCUT2D eigenvalue weighted by Crippen LogP contribution is 2.47. The Bertz CT molecular complexity index is 619. The van der Waals surface area contributed by atoms with E-state index in [4.69, 9.17) is 4.74 Å². The van der Waals surface area contributed by atoms with E-state index in [1.165, 1.54) is 24.2 Å². The summed E-state index contributed by atoms with van der Waals surface area (Å²) in [5, 5.41) is 9.27. The van der Waals surface area contributed by atoms with Gasteiger partial charge in [-0.15, -0.1) is 0 Å². The van der Waals surface area contributed by atoms with Gasteiger partial charge in [0.15, 0.2) is 0 Å². The average Bonchev–Trinajstić information content (AvgIpc) is 3.34. The van der Waals surface area contributed by atoms with Crippen LogP contribution in [0.4, 0.5) is 0 Å². The van der Waals surface area contributed by atoms with Gasteiger partial charge in [-0.3, -0.25) is 4.79 Å². The van der Waals surface area contributed by atoms with Crippen LogP contribution in [0.2, 0.25) is 0 Å². The lowest BCUT2D eigenvalue weighted by molar-refractivity contribution is 0.0827. The Morgan fingerprint density at radius 2 is 2.21 bits per heavy atom. The van der Waals surface area contributed by atoms with Crippen molar-refractivity contribution in [1.29, 1.82) is 5.26 Å². The molecule has 3 atom stereocenters. The van der Waals surface area contributed by atoms with Crippen molar-refractivity contribution >= 4 is 5.91 Å². The Hall–Kier alpha value is -2.02. The molecule has 0 saturated heterocycles. The summed E-state index contributed by atoms with van der Waals surface area (Å²) < 4.78 is 5.81. The van der Waals surface area contributed by atoms with Crippen molar-refractivity contribution in [2.45, 2.75) is 39.5 Å². The van der Waals surface area contributed by atoms with Crippen molar-refractivity contribution in [3.05, 3.63) is 29.3 Å². The number of benzene rings is 1. The van der Waals surface area contributed by atoms with E-state index in [1.54, 1.807) is 32.3 Å². The zero-order chi connectivity index (χ0) is 17.7. The van der Waals surface area contributed by atoms with Crippen LogP contribution in [0.15, 0.2) is 18.2 Å². The van der Waals surface area contributed by atoms with Gasteiger partial charge in [-0.05, 0) is 48.8 Å². The summed E-state index contributed by atoms with van der Waals surface area (Å²) >= 11 is 0. The molecular weight excluding hydrogens is 300 g/mol. The Morgan fingerprint density at radius 1 is 1.46 bits per heavy atom. The van der Waals surface area contributed by atoms with E-state index in [9.17, 15) is 10.1 Å². The van der Waals surface area contributed by atoms with Gasteiger partial charge in [0.1, 0.15) is 11.8 Å². The van der Waals surface area contributed by atoms with Gasteiger partial charge in [-0.25, -0.2) is 0 Å². The Morgan fingerprint density at radius 3 is 2.83 bits per heavy atom. The molecule has 0 aliphatic heterocycles. The molecule has 1 amide bonds. The van der Waals surface area contributed by atoms with Crippen molar-refractivity contribution in [1.82, 2.24) is 4.90 Å². The summed E-state index contributed by atoms with van der Waals surface area (Å²) in [5.74, 6) is 2.98. The summed E-state index contributed by atoms with van der Waals surface area (Å²) in [4.78, 5) is 13.5.